The molecule has 3 rings (SSSR count). The van der Waals surface area contributed by atoms with Crippen LogP contribution < -0.4 is 14.8 Å². The van der Waals surface area contributed by atoms with Crippen LogP contribution in [0, 0.1) is 5.92 Å². The smallest absolute Gasteiger partial charge is 0.287 e. The van der Waals surface area contributed by atoms with Gasteiger partial charge in [0, 0.05) is 13.1 Å². The standard InChI is InChI=1S/C20H26N2O4/c1-22-11-5-6-15(13-22)12-21-20(23)19-10-9-16(26-19)14-25-18-8-4-3-7-17(18)24-2/h3-4,7-10,15H,5-6,11-14H2,1-2H3,(H,21,23). The Morgan fingerprint density at radius 2 is 2.08 bits per heavy atom. The molecule has 1 amide bonds. The molecule has 1 atom stereocenters. The highest BCUT2D eigenvalue weighted by atomic mass is 16.5. The first-order valence-electron chi connectivity index (χ1n) is 8.97. The molecule has 1 fully saturated rings. The summed E-state index contributed by atoms with van der Waals surface area (Å²) >= 11 is 0. The number of nitrogens with one attached hydrogen (secondary N) is 1. The molecule has 6 nitrogen and oxygen atoms in total. The maximum absolute atomic E-state index is 12.3. The van der Waals surface area contributed by atoms with E-state index in [0.717, 1.165) is 19.5 Å². The quantitative estimate of drug-likeness (QED) is 0.824. The van der Waals surface area contributed by atoms with E-state index in [4.69, 9.17) is 13.9 Å². The fourth-order valence-corrected chi connectivity index (χ4v) is 3.23. The van der Waals surface area contributed by atoms with Crippen LogP contribution in [0.2, 0.25) is 0 Å². The maximum Gasteiger partial charge on any atom is 0.287 e. The summed E-state index contributed by atoms with van der Waals surface area (Å²) < 4.78 is 16.6. The lowest BCUT2D eigenvalue weighted by atomic mass is 9.98. The van der Waals surface area contributed by atoms with E-state index in [0.29, 0.717) is 35.5 Å². The van der Waals surface area contributed by atoms with Gasteiger partial charge >= 0.3 is 0 Å². The molecule has 0 spiro atoms. The Hall–Kier alpha value is -2.47. The van der Waals surface area contributed by atoms with Crippen molar-refractivity contribution in [3.63, 3.8) is 0 Å². The number of ether oxygens (including phenoxy) is 2. The maximum atomic E-state index is 12.3. The number of carbonyl (C=O) groups excluding carboxylic acids is 1. The Labute approximate surface area is 154 Å². The molecule has 1 saturated heterocycles. The van der Waals surface area contributed by atoms with E-state index >= 15 is 0 Å². The van der Waals surface area contributed by atoms with Gasteiger partial charge in [-0.2, -0.15) is 0 Å². The minimum absolute atomic E-state index is 0.179. The summed E-state index contributed by atoms with van der Waals surface area (Å²) in [5, 5.41) is 2.97. The van der Waals surface area contributed by atoms with Crippen LogP contribution in [0.15, 0.2) is 40.8 Å². The largest absolute Gasteiger partial charge is 0.493 e. The van der Waals surface area contributed by atoms with Crippen LogP contribution in [0.1, 0.15) is 29.2 Å². The van der Waals surface area contributed by atoms with Crippen molar-refractivity contribution >= 4 is 5.91 Å². The Kier molecular flexibility index (Phi) is 6.17. The van der Waals surface area contributed by atoms with Gasteiger partial charge in [-0.25, -0.2) is 0 Å². The predicted octanol–water partition coefficient (Wildman–Crippen LogP) is 2.94. The van der Waals surface area contributed by atoms with E-state index < -0.39 is 0 Å². The summed E-state index contributed by atoms with van der Waals surface area (Å²) in [5.41, 5.74) is 0. The Morgan fingerprint density at radius 3 is 2.85 bits per heavy atom. The number of furan rings is 1. The summed E-state index contributed by atoms with van der Waals surface area (Å²) in [6.07, 6.45) is 2.34. The molecule has 0 bridgehead atoms. The Balaban J connectivity index is 1.50. The summed E-state index contributed by atoms with van der Waals surface area (Å²) in [6, 6.07) is 10.9. The summed E-state index contributed by atoms with van der Waals surface area (Å²) in [6.45, 7) is 3.08. The van der Waals surface area contributed by atoms with Gasteiger partial charge in [-0.1, -0.05) is 12.1 Å². The summed E-state index contributed by atoms with van der Waals surface area (Å²) in [7, 11) is 3.72. The monoisotopic (exact) mass is 358 g/mol. The molecule has 1 N–H and O–H groups in total. The SMILES string of the molecule is COc1ccccc1OCc1ccc(C(=O)NCC2CCCN(C)C2)o1. The minimum Gasteiger partial charge on any atom is -0.493 e. The molecule has 1 aromatic carbocycles. The first kappa shape index (κ1) is 18.3. The molecule has 140 valence electrons. The minimum atomic E-state index is -0.179. The Morgan fingerprint density at radius 1 is 1.27 bits per heavy atom. The second kappa shape index (κ2) is 8.76. The molecule has 1 aromatic heterocycles. The topological polar surface area (TPSA) is 63.9 Å². The predicted molar refractivity (Wildman–Crippen MR) is 98.6 cm³/mol. The number of carbonyl (C=O) groups is 1. The van der Waals surface area contributed by atoms with Crippen molar-refractivity contribution in [3.05, 3.63) is 47.9 Å². The fourth-order valence-electron chi connectivity index (χ4n) is 3.23. The van der Waals surface area contributed by atoms with Crippen molar-refractivity contribution in [2.24, 2.45) is 5.92 Å². The molecule has 1 unspecified atom stereocenters. The van der Waals surface area contributed by atoms with Gasteiger partial charge in [0.2, 0.25) is 0 Å². The molecule has 1 aliphatic heterocycles. The molecule has 26 heavy (non-hydrogen) atoms. The molecule has 0 aliphatic carbocycles. The molecule has 2 aromatic rings. The number of piperidine rings is 1. The lowest BCUT2D eigenvalue weighted by Crippen LogP contribution is -2.39. The summed E-state index contributed by atoms with van der Waals surface area (Å²) in [4.78, 5) is 14.6. The number of nitrogens with zero attached hydrogens (tertiary/aromatic N) is 1. The second-order valence-electron chi connectivity index (χ2n) is 6.69. The van der Waals surface area contributed by atoms with Gasteiger partial charge in [0.25, 0.3) is 5.91 Å². The van der Waals surface area contributed by atoms with E-state index in [-0.39, 0.29) is 12.5 Å². The van der Waals surface area contributed by atoms with Crippen molar-refractivity contribution in [2.75, 3.05) is 33.8 Å². The van der Waals surface area contributed by atoms with Crippen LogP contribution in [-0.4, -0.2) is 44.6 Å². The number of hydrogen-bond acceptors (Lipinski definition) is 5. The highest BCUT2D eigenvalue weighted by Gasteiger charge is 2.19. The van der Waals surface area contributed by atoms with Crippen LogP contribution in [0.4, 0.5) is 0 Å². The van der Waals surface area contributed by atoms with Gasteiger partial charge in [0.1, 0.15) is 12.4 Å². The molecule has 6 heteroatoms. The van der Waals surface area contributed by atoms with Gasteiger partial charge in [0.05, 0.1) is 7.11 Å². The highest BCUT2D eigenvalue weighted by Crippen LogP contribution is 2.26. The van der Waals surface area contributed by atoms with Crippen molar-refractivity contribution in [1.82, 2.24) is 10.2 Å². The number of amides is 1. The third-order valence-electron chi connectivity index (χ3n) is 4.60. The van der Waals surface area contributed by atoms with Crippen LogP contribution >= 0.6 is 0 Å². The average molecular weight is 358 g/mol. The van der Waals surface area contributed by atoms with E-state index in [1.807, 2.05) is 24.3 Å². The Bertz CT molecular complexity index is 728. The molecule has 0 radical (unpaired) electrons. The first-order valence-corrected chi connectivity index (χ1v) is 8.97. The van der Waals surface area contributed by atoms with Crippen molar-refractivity contribution < 1.29 is 18.7 Å². The lowest BCUT2D eigenvalue weighted by molar-refractivity contribution is 0.0905. The normalized spacial score (nSPS) is 17.7. The summed E-state index contributed by atoms with van der Waals surface area (Å²) in [5.74, 6) is 2.53. The van der Waals surface area contributed by atoms with E-state index in [1.165, 1.54) is 6.42 Å². The number of hydrogen-bond donors (Lipinski definition) is 1. The zero-order valence-electron chi connectivity index (χ0n) is 15.4. The number of benzene rings is 1. The van der Waals surface area contributed by atoms with Crippen LogP contribution in [-0.2, 0) is 6.61 Å². The van der Waals surface area contributed by atoms with Crippen LogP contribution in [0.5, 0.6) is 11.5 Å². The number of para-hydroxylation sites is 2. The average Bonchev–Trinajstić information content (AvgIpc) is 3.14. The molecular weight excluding hydrogens is 332 g/mol. The number of likely N-dealkylation sites (tertiary alicyclic amines) is 1. The second-order valence-corrected chi connectivity index (χ2v) is 6.69. The van der Waals surface area contributed by atoms with Crippen molar-refractivity contribution in [2.45, 2.75) is 19.4 Å². The third-order valence-corrected chi connectivity index (χ3v) is 4.60. The highest BCUT2D eigenvalue weighted by molar-refractivity contribution is 5.91. The van der Waals surface area contributed by atoms with E-state index in [2.05, 4.69) is 17.3 Å². The molecule has 1 aliphatic rings. The van der Waals surface area contributed by atoms with Crippen LogP contribution in [0.3, 0.4) is 0 Å². The molecule has 0 saturated carbocycles. The van der Waals surface area contributed by atoms with Gasteiger partial charge in [0.15, 0.2) is 17.3 Å². The third kappa shape index (κ3) is 4.79. The van der Waals surface area contributed by atoms with Gasteiger partial charge < -0.3 is 24.1 Å². The lowest BCUT2D eigenvalue weighted by Gasteiger charge is -2.29. The van der Waals surface area contributed by atoms with Crippen molar-refractivity contribution in [1.29, 1.82) is 0 Å². The zero-order chi connectivity index (χ0) is 18.4. The first-order chi connectivity index (χ1) is 12.7. The molecular formula is C20H26N2O4. The van der Waals surface area contributed by atoms with E-state index in [1.54, 1.807) is 19.2 Å². The zero-order valence-corrected chi connectivity index (χ0v) is 15.4. The van der Waals surface area contributed by atoms with Crippen LogP contribution in [0.25, 0.3) is 0 Å². The molecule has 2 heterocycles. The van der Waals surface area contributed by atoms with Gasteiger partial charge in [-0.15, -0.1) is 0 Å². The van der Waals surface area contributed by atoms with Gasteiger partial charge in [-0.05, 0) is 56.6 Å². The van der Waals surface area contributed by atoms with E-state index in [9.17, 15) is 4.79 Å². The number of methoxy groups -OCH3 is 1. The van der Waals surface area contributed by atoms with Crippen molar-refractivity contribution in [3.8, 4) is 11.5 Å². The van der Waals surface area contributed by atoms with Gasteiger partial charge in [-0.3, -0.25) is 4.79 Å². The number of rotatable bonds is 7. The fraction of sp³-hybridized carbons (Fsp3) is 0.450.